The van der Waals surface area contributed by atoms with Crippen molar-refractivity contribution >= 4 is 17.6 Å². The van der Waals surface area contributed by atoms with Crippen molar-refractivity contribution in [3.63, 3.8) is 0 Å². The molecule has 1 aromatic rings. The van der Waals surface area contributed by atoms with E-state index in [2.05, 4.69) is 5.32 Å². The molecule has 1 aliphatic rings. The van der Waals surface area contributed by atoms with Crippen molar-refractivity contribution in [2.75, 3.05) is 11.4 Å². The van der Waals surface area contributed by atoms with E-state index in [1.807, 2.05) is 38.1 Å². The molecule has 5 heteroatoms. The second-order valence-corrected chi connectivity index (χ2v) is 5.51. The number of carboxylic acid groups (broad SMARTS) is 1. The van der Waals surface area contributed by atoms with Crippen molar-refractivity contribution in [1.82, 2.24) is 5.32 Å². The molecule has 0 bridgehead atoms. The quantitative estimate of drug-likeness (QED) is 0.838. The van der Waals surface area contributed by atoms with E-state index in [-0.39, 0.29) is 18.5 Å². The number of carbonyl (C=O) groups excluding carboxylic acids is 1. The Morgan fingerprint density at radius 2 is 2.14 bits per heavy atom. The van der Waals surface area contributed by atoms with Crippen LogP contribution in [0.2, 0.25) is 0 Å². The lowest BCUT2D eigenvalue weighted by molar-refractivity contribution is -0.139. The summed E-state index contributed by atoms with van der Waals surface area (Å²) in [6.07, 6.45) is 2.13. The number of anilines is 1. The predicted molar refractivity (Wildman–Crippen MR) is 81.4 cm³/mol. The fraction of sp³-hybridized carbons (Fsp3) is 0.500. The second-order valence-electron chi connectivity index (χ2n) is 5.51. The first kappa shape index (κ1) is 15.5. The van der Waals surface area contributed by atoms with Crippen molar-refractivity contribution in [1.29, 1.82) is 0 Å². The molecule has 2 N–H and O–H groups in total. The van der Waals surface area contributed by atoms with Gasteiger partial charge in [0.15, 0.2) is 0 Å². The summed E-state index contributed by atoms with van der Waals surface area (Å²) in [6, 6.07) is 7.32. The molecule has 0 aromatic heterocycles. The molecule has 1 heterocycles. The van der Waals surface area contributed by atoms with Crippen LogP contribution in [0.3, 0.4) is 0 Å². The minimum absolute atomic E-state index is 0.0512. The average molecular weight is 290 g/mol. The topological polar surface area (TPSA) is 69.6 Å². The number of rotatable bonds is 6. The third kappa shape index (κ3) is 3.42. The first-order valence-electron chi connectivity index (χ1n) is 7.40. The number of hydrogen-bond donors (Lipinski definition) is 2. The van der Waals surface area contributed by atoms with E-state index in [1.165, 1.54) is 5.56 Å². The predicted octanol–water partition coefficient (Wildman–Crippen LogP) is 1.81. The zero-order valence-corrected chi connectivity index (χ0v) is 12.5. The number of carbonyl (C=O) groups is 2. The van der Waals surface area contributed by atoms with Gasteiger partial charge in [0.25, 0.3) is 0 Å². The van der Waals surface area contributed by atoms with Crippen LogP contribution >= 0.6 is 0 Å². The first-order valence-corrected chi connectivity index (χ1v) is 7.40. The smallest absolute Gasteiger partial charge is 0.320 e. The summed E-state index contributed by atoms with van der Waals surface area (Å²) in [5.74, 6) is -0.977. The van der Waals surface area contributed by atoms with Gasteiger partial charge in [0.1, 0.15) is 6.04 Å². The van der Waals surface area contributed by atoms with Gasteiger partial charge in [-0.2, -0.15) is 0 Å². The number of amides is 1. The van der Waals surface area contributed by atoms with Gasteiger partial charge in [-0.15, -0.1) is 0 Å². The molecule has 2 atom stereocenters. The summed E-state index contributed by atoms with van der Waals surface area (Å²) in [5, 5.41) is 12.0. The molecule has 0 aliphatic carbocycles. The molecular formula is C16H22N2O3. The van der Waals surface area contributed by atoms with Gasteiger partial charge >= 0.3 is 5.97 Å². The van der Waals surface area contributed by atoms with Crippen LogP contribution in [0, 0.1) is 0 Å². The van der Waals surface area contributed by atoms with E-state index in [1.54, 1.807) is 4.90 Å². The molecule has 0 fully saturated rings. The van der Waals surface area contributed by atoms with Crippen molar-refractivity contribution in [3.8, 4) is 0 Å². The first-order chi connectivity index (χ1) is 10.0. The fourth-order valence-electron chi connectivity index (χ4n) is 2.84. The maximum Gasteiger partial charge on any atom is 0.320 e. The van der Waals surface area contributed by atoms with Crippen LogP contribution in [0.5, 0.6) is 0 Å². The summed E-state index contributed by atoms with van der Waals surface area (Å²) < 4.78 is 0. The van der Waals surface area contributed by atoms with Crippen molar-refractivity contribution < 1.29 is 14.7 Å². The van der Waals surface area contributed by atoms with E-state index in [0.29, 0.717) is 6.42 Å². The third-order valence-electron chi connectivity index (χ3n) is 3.85. The molecule has 0 unspecified atom stereocenters. The van der Waals surface area contributed by atoms with Gasteiger partial charge < -0.3 is 10.0 Å². The Morgan fingerprint density at radius 1 is 1.43 bits per heavy atom. The molecule has 1 aliphatic heterocycles. The zero-order chi connectivity index (χ0) is 15.4. The highest BCUT2D eigenvalue weighted by molar-refractivity contribution is 5.97. The fourth-order valence-corrected chi connectivity index (χ4v) is 2.84. The lowest BCUT2D eigenvalue weighted by atomic mass is 10.1. The number of benzene rings is 1. The maximum absolute atomic E-state index is 12.4. The molecule has 5 nitrogen and oxygen atoms in total. The highest BCUT2D eigenvalue weighted by Crippen LogP contribution is 2.31. The summed E-state index contributed by atoms with van der Waals surface area (Å²) in [4.78, 5) is 25.3. The largest absolute Gasteiger partial charge is 0.480 e. The molecule has 0 saturated carbocycles. The number of fused-ring (bicyclic) bond motifs is 1. The molecule has 2 rings (SSSR count). The monoisotopic (exact) mass is 290 g/mol. The molecule has 21 heavy (non-hydrogen) atoms. The van der Waals surface area contributed by atoms with Crippen LogP contribution in [0.15, 0.2) is 24.3 Å². The van der Waals surface area contributed by atoms with Crippen molar-refractivity contribution in [3.05, 3.63) is 29.8 Å². The molecular weight excluding hydrogens is 268 g/mol. The van der Waals surface area contributed by atoms with Crippen LogP contribution in [-0.2, 0) is 16.0 Å². The second kappa shape index (κ2) is 6.72. The van der Waals surface area contributed by atoms with Gasteiger partial charge in [0, 0.05) is 11.7 Å². The highest BCUT2D eigenvalue weighted by Gasteiger charge is 2.30. The number of nitrogens with one attached hydrogen (secondary N) is 1. The highest BCUT2D eigenvalue weighted by atomic mass is 16.4. The molecule has 1 amide bonds. The Morgan fingerprint density at radius 3 is 2.81 bits per heavy atom. The maximum atomic E-state index is 12.4. The molecule has 114 valence electrons. The number of nitrogens with zero attached hydrogens (tertiary/aromatic N) is 1. The van der Waals surface area contributed by atoms with Gasteiger partial charge in [-0.05, 0) is 31.4 Å². The third-order valence-corrected chi connectivity index (χ3v) is 3.85. The van der Waals surface area contributed by atoms with E-state index in [9.17, 15) is 9.59 Å². The lowest BCUT2D eigenvalue weighted by Crippen LogP contribution is -2.46. The lowest BCUT2D eigenvalue weighted by Gasteiger charge is -2.24. The van der Waals surface area contributed by atoms with Crippen LogP contribution in [0.1, 0.15) is 32.3 Å². The number of hydrogen-bond acceptors (Lipinski definition) is 3. The van der Waals surface area contributed by atoms with Crippen LogP contribution in [-0.4, -0.2) is 35.6 Å². The standard InChI is InChI=1S/C16H22N2O3/c1-3-6-13(16(20)21)17-10-15(19)18-11(2)9-12-7-4-5-8-14(12)18/h4-5,7-8,11,13,17H,3,6,9-10H2,1-2H3,(H,20,21)/t11-,13+/m1/s1. The van der Waals surface area contributed by atoms with Gasteiger partial charge in [-0.25, -0.2) is 0 Å². The summed E-state index contributed by atoms with van der Waals surface area (Å²) in [6.45, 7) is 3.99. The Balaban J connectivity index is 2.02. The summed E-state index contributed by atoms with van der Waals surface area (Å²) in [7, 11) is 0. The number of para-hydroxylation sites is 1. The van der Waals surface area contributed by atoms with Crippen LogP contribution in [0.25, 0.3) is 0 Å². The van der Waals surface area contributed by atoms with E-state index >= 15 is 0 Å². The summed E-state index contributed by atoms with van der Waals surface area (Å²) in [5.41, 5.74) is 2.11. The van der Waals surface area contributed by atoms with Crippen LogP contribution < -0.4 is 10.2 Å². The molecule has 0 radical (unpaired) electrons. The summed E-state index contributed by atoms with van der Waals surface area (Å²) >= 11 is 0. The zero-order valence-electron chi connectivity index (χ0n) is 12.5. The van der Waals surface area contributed by atoms with Gasteiger partial charge in [-0.1, -0.05) is 31.5 Å². The van der Waals surface area contributed by atoms with Crippen molar-refractivity contribution in [2.45, 2.75) is 45.2 Å². The Kier molecular flexibility index (Phi) is 4.96. The minimum atomic E-state index is -0.903. The minimum Gasteiger partial charge on any atom is -0.480 e. The molecule has 0 spiro atoms. The van der Waals surface area contributed by atoms with Crippen molar-refractivity contribution in [2.24, 2.45) is 0 Å². The Hall–Kier alpha value is -1.88. The molecule has 0 saturated heterocycles. The van der Waals surface area contributed by atoms with E-state index in [4.69, 9.17) is 5.11 Å². The van der Waals surface area contributed by atoms with Gasteiger partial charge in [0.05, 0.1) is 6.54 Å². The Bertz CT molecular complexity index is 530. The number of carboxylic acids is 1. The average Bonchev–Trinajstić information content (AvgIpc) is 2.78. The molecule has 1 aromatic carbocycles. The van der Waals surface area contributed by atoms with E-state index < -0.39 is 12.0 Å². The van der Waals surface area contributed by atoms with E-state index in [0.717, 1.165) is 18.5 Å². The van der Waals surface area contributed by atoms with Crippen LogP contribution in [0.4, 0.5) is 5.69 Å². The van der Waals surface area contributed by atoms with Gasteiger partial charge in [0.2, 0.25) is 5.91 Å². The normalized spacial score (nSPS) is 18.4. The SMILES string of the molecule is CCC[C@H](NCC(=O)N1c2ccccc2C[C@H]1C)C(=O)O. The Labute approximate surface area is 125 Å². The number of aliphatic carboxylic acids is 1. The van der Waals surface area contributed by atoms with Gasteiger partial charge in [-0.3, -0.25) is 14.9 Å².